The predicted octanol–water partition coefficient (Wildman–Crippen LogP) is 2.48. The standard InChI is InChI=1S/C16H19N3O/c1-13-11-19(12-15(20)18-9-5-6-10-18)17-16(13)14-7-3-2-4-8-14/h2-4,7-8,11H,5-6,9-10,12H2,1H3. The Morgan fingerprint density at radius 1 is 1.20 bits per heavy atom. The Labute approximate surface area is 119 Å². The van der Waals surface area contributed by atoms with Crippen LogP contribution in [-0.4, -0.2) is 33.7 Å². The second-order valence-electron chi connectivity index (χ2n) is 5.31. The van der Waals surface area contributed by atoms with E-state index in [1.807, 2.05) is 48.4 Å². The van der Waals surface area contributed by atoms with E-state index < -0.39 is 0 Å². The molecule has 0 bridgehead atoms. The first-order valence-electron chi connectivity index (χ1n) is 7.11. The van der Waals surface area contributed by atoms with Crippen molar-refractivity contribution in [3.05, 3.63) is 42.1 Å². The lowest BCUT2D eigenvalue weighted by Gasteiger charge is -2.14. The number of aromatic nitrogens is 2. The highest BCUT2D eigenvalue weighted by atomic mass is 16.2. The zero-order chi connectivity index (χ0) is 13.9. The highest BCUT2D eigenvalue weighted by Gasteiger charge is 2.19. The predicted molar refractivity (Wildman–Crippen MR) is 78.2 cm³/mol. The third-order valence-electron chi connectivity index (χ3n) is 3.75. The van der Waals surface area contributed by atoms with E-state index in [1.165, 1.54) is 0 Å². The Balaban J connectivity index is 1.77. The largest absolute Gasteiger partial charge is 0.341 e. The molecule has 0 radical (unpaired) electrons. The summed E-state index contributed by atoms with van der Waals surface area (Å²) >= 11 is 0. The van der Waals surface area contributed by atoms with Gasteiger partial charge in [-0.05, 0) is 25.3 Å². The van der Waals surface area contributed by atoms with Crippen molar-refractivity contribution in [3.63, 3.8) is 0 Å². The van der Waals surface area contributed by atoms with Crippen LogP contribution in [0.2, 0.25) is 0 Å². The van der Waals surface area contributed by atoms with Crippen LogP contribution in [0.25, 0.3) is 11.3 Å². The van der Waals surface area contributed by atoms with E-state index in [2.05, 4.69) is 5.10 Å². The second kappa shape index (κ2) is 5.49. The van der Waals surface area contributed by atoms with Gasteiger partial charge in [0.05, 0.1) is 5.69 Å². The normalized spacial score (nSPS) is 14.8. The van der Waals surface area contributed by atoms with Gasteiger partial charge in [0, 0.05) is 24.8 Å². The van der Waals surface area contributed by atoms with E-state index in [0.717, 1.165) is 42.8 Å². The summed E-state index contributed by atoms with van der Waals surface area (Å²) in [4.78, 5) is 14.1. The molecule has 2 heterocycles. The van der Waals surface area contributed by atoms with Gasteiger partial charge in [0.25, 0.3) is 0 Å². The van der Waals surface area contributed by atoms with Gasteiger partial charge in [0.15, 0.2) is 0 Å². The number of aryl methyl sites for hydroxylation is 1. The number of carbonyl (C=O) groups excluding carboxylic acids is 1. The Hall–Kier alpha value is -2.10. The molecule has 0 saturated carbocycles. The second-order valence-corrected chi connectivity index (χ2v) is 5.31. The molecule has 0 N–H and O–H groups in total. The van der Waals surface area contributed by atoms with Crippen LogP contribution in [0.4, 0.5) is 0 Å². The fourth-order valence-corrected chi connectivity index (χ4v) is 2.69. The summed E-state index contributed by atoms with van der Waals surface area (Å²) in [5.41, 5.74) is 3.16. The molecular formula is C16H19N3O. The Bertz CT molecular complexity index is 597. The summed E-state index contributed by atoms with van der Waals surface area (Å²) in [6, 6.07) is 10.1. The van der Waals surface area contributed by atoms with Crippen LogP contribution in [0.1, 0.15) is 18.4 Å². The molecule has 1 aliphatic rings. The summed E-state index contributed by atoms with van der Waals surface area (Å²) in [6.45, 7) is 4.16. The average Bonchev–Trinajstić information content (AvgIpc) is 3.09. The SMILES string of the molecule is Cc1cn(CC(=O)N2CCCC2)nc1-c1ccccc1. The van der Waals surface area contributed by atoms with Crippen molar-refractivity contribution >= 4 is 5.91 Å². The van der Waals surface area contributed by atoms with E-state index in [1.54, 1.807) is 4.68 Å². The summed E-state index contributed by atoms with van der Waals surface area (Å²) in [6.07, 6.45) is 4.20. The highest BCUT2D eigenvalue weighted by molar-refractivity contribution is 5.76. The quantitative estimate of drug-likeness (QED) is 0.858. The Morgan fingerprint density at radius 3 is 2.60 bits per heavy atom. The monoisotopic (exact) mass is 269 g/mol. The van der Waals surface area contributed by atoms with Crippen molar-refractivity contribution in [1.82, 2.24) is 14.7 Å². The van der Waals surface area contributed by atoms with E-state index in [-0.39, 0.29) is 5.91 Å². The molecule has 1 aromatic heterocycles. The molecule has 104 valence electrons. The van der Waals surface area contributed by atoms with Crippen molar-refractivity contribution in [2.45, 2.75) is 26.3 Å². The Morgan fingerprint density at radius 2 is 1.90 bits per heavy atom. The number of nitrogens with zero attached hydrogens (tertiary/aromatic N) is 3. The molecule has 0 unspecified atom stereocenters. The lowest BCUT2D eigenvalue weighted by Crippen LogP contribution is -2.31. The van der Waals surface area contributed by atoms with Crippen molar-refractivity contribution < 1.29 is 4.79 Å². The molecule has 4 nitrogen and oxygen atoms in total. The number of amides is 1. The van der Waals surface area contributed by atoms with E-state index in [4.69, 9.17) is 0 Å². The number of rotatable bonds is 3. The van der Waals surface area contributed by atoms with Gasteiger partial charge < -0.3 is 4.90 Å². The maximum Gasteiger partial charge on any atom is 0.244 e. The smallest absolute Gasteiger partial charge is 0.244 e. The summed E-state index contributed by atoms with van der Waals surface area (Å²) < 4.78 is 1.76. The van der Waals surface area contributed by atoms with Crippen LogP contribution >= 0.6 is 0 Å². The number of hydrogen-bond donors (Lipinski definition) is 0. The van der Waals surface area contributed by atoms with Gasteiger partial charge in [0.1, 0.15) is 6.54 Å². The molecule has 20 heavy (non-hydrogen) atoms. The van der Waals surface area contributed by atoms with Gasteiger partial charge in [-0.2, -0.15) is 5.10 Å². The molecule has 1 fully saturated rings. The summed E-state index contributed by atoms with van der Waals surface area (Å²) in [7, 11) is 0. The molecule has 2 aromatic rings. The van der Waals surface area contributed by atoms with Gasteiger partial charge in [0.2, 0.25) is 5.91 Å². The van der Waals surface area contributed by atoms with Crippen molar-refractivity contribution in [2.24, 2.45) is 0 Å². The fraction of sp³-hybridized carbons (Fsp3) is 0.375. The lowest BCUT2D eigenvalue weighted by molar-refractivity contribution is -0.130. The van der Waals surface area contributed by atoms with Gasteiger partial charge in [-0.3, -0.25) is 9.48 Å². The molecule has 1 aliphatic heterocycles. The minimum absolute atomic E-state index is 0.171. The molecule has 1 amide bonds. The van der Waals surface area contributed by atoms with Crippen molar-refractivity contribution in [2.75, 3.05) is 13.1 Å². The van der Waals surface area contributed by atoms with E-state index in [9.17, 15) is 4.79 Å². The van der Waals surface area contributed by atoms with Gasteiger partial charge in [-0.15, -0.1) is 0 Å². The van der Waals surface area contributed by atoms with Crippen molar-refractivity contribution in [1.29, 1.82) is 0 Å². The van der Waals surface area contributed by atoms with Crippen molar-refractivity contribution in [3.8, 4) is 11.3 Å². The summed E-state index contributed by atoms with van der Waals surface area (Å²) in [5, 5.41) is 4.56. The molecular weight excluding hydrogens is 250 g/mol. The van der Waals surface area contributed by atoms with Gasteiger partial charge in [-0.1, -0.05) is 30.3 Å². The number of carbonyl (C=O) groups is 1. The molecule has 0 spiro atoms. The number of hydrogen-bond acceptors (Lipinski definition) is 2. The first-order valence-corrected chi connectivity index (χ1v) is 7.11. The third-order valence-corrected chi connectivity index (χ3v) is 3.75. The van der Waals surface area contributed by atoms with E-state index in [0.29, 0.717) is 6.54 Å². The molecule has 4 heteroatoms. The minimum Gasteiger partial charge on any atom is -0.341 e. The molecule has 3 rings (SSSR count). The average molecular weight is 269 g/mol. The van der Waals surface area contributed by atoms with Crippen LogP contribution in [-0.2, 0) is 11.3 Å². The van der Waals surface area contributed by atoms with Crippen LogP contribution in [0.15, 0.2) is 36.5 Å². The lowest BCUT2D eigenvalue weighted by atomic mass is 10.1. The number of benzene rings is 1. The van der Waals surface area contributed by atoms with Gasteiger partial charge >= 0.3 is 0 Å². The zero-order valence-electron chi connectivity index (χ0n) is 11.7. The molecule has 0 aliphatic carbocycles. The van der Waals surface area contributed by atoms with Crippen LogP contribution < -0.4 is 0 Å². The van der Waals surface area contributed by atoms with E-state index >= 15 is 0 Å². The van der Waals surface area contributed by atoms with Gasteiger partial charge in [-0.25, -0.2) is 0 Å². The zero-order valence-corrected chi connectivity index (χ0v) is 11.7. The topological polar surface area (TPSA) is 38.1 Å². The first kappa shape index (κ1) is 12.9. The van der Waals surface area contributed by atoms with Crippen LogP contribution in [0.5, 0.6) is 0 Å². The van der Waals surface area contributed by atoms with Crippen LogP contribution in [0, 0.1) is 6.92 Å². The van der Waals surface area contributed by atoms with Crippen LogP contribution in [0.3, 0.4) is 0 Å². The highest BCUT2D eigenvalue weighted by Crippen LogP contribution is 2.21. The third kappa shape index (κ3) is 2.59. The maximum atomic E-state index is 12.1. The summed E-state index contributed by atoms with van der Waals surface area (Å²) in [5.74, 6) is 0.171. The number of likely N-dealkylation sites (tertiary alicyclic amines) is 1. The molecule has 1 saturated heterocycles. The maximum absolute atomic E-state index is 12.1. The minimum atomic E-state index is 0.171. The molecule has 0 atom stereocenters. The Kier molecular flexibility index (Phi) is 3.54. The fourth-order valence-electron chi connectivity index (χ4n) is 2.69. The first-order chi connectivity index (χ1) is 9.74. The molecule has 1 aromatic carbocycles.